The van der Waals surface area contributed by atoms with Gasteiger partial charge in [-0.2, -0.15) is 4.31 Å². The lowest BCUT2D eigenvalue weighted by Crippen LogP contribution is -2.31. The highest BCUT2D eigenvalue weighted by molar-refractivity contribution is 8.00. The molecule has 0 fully saturated rings. The molecule has 2 rings (SSSR count). The number of nitrogens with zero attached hydrogens (tertiary/aromatic N) is 5. The number of sulfonamides is 1. The summed E-state index contributed by atoms with van der Waals surface area (Å²) in [5.74, 6) is -0.266. The third kappa shape index (κ3) is 4.85. The van der Waals surface area contributed by atoms with Crippen LogP contribution in [0.2, 0.25) is 0 Å². The lowest BCUT2D eigenvalue weighted by atomic mass is 10.2. The average molecular weight is 413 g/mol. The molecule has 1 aromatic carbocycles. The molecule has 2 aromatic rings. The summed E-state index contributed by atoms with van der Waals surface area (Å²) in [6.07, 6.45) is 0. The Balaban J connectivity index is 2.20. The maximum absolute atomic E-state index is 12.8. The summed E-state index contributed by atoms with van der Waals surface area (Å²) < 4.78 is 28.5. The van der Waals surface area contributed by atoms with E-state index in [0.717, 1.165) is 0 Å². The fourth-order valence-corrected chi connectivity index (χ4v) is 4.90. The Morgan fingerprint density at radius 2 is 2.00 bits per heavy atom. The number of carbonyl (C=O) groups excluding carboxylic acids is 1. The predicted molar refractivity (Wildman–Crippen MR) is 104 cm³/mol. The van der Waals surface area contributed by atoms with Gasteiger partial charge in [0, 0.05) is 25.8 Å². The molecule has 148 valence electrons. The first-order valence-electron chi connectivity index (χ1n) is 8.51. The van der Waals surface area contributed by atoms with Crippen LogP contribution in [0.5, 0.6) is 0 Å². The van der Waals surface area contributed by atoms with Gasteiger partial charge in [-0.1, -0.05) is 31.7 Å². The number of aromatic nitrogens is 4. The number of tetrazole rings is 1. The number of amides is 1. The zero-order valence-corrected chi connectivity index (χ0v) is 17.6. The van der Waals surface area contributed by atoms with E-state index in [1.807, 2.05) is 0 Å². The molecule has 0 saturated carbocycles. The number of hydrogen-bond donors (Lipinski definition) is 1. The Kier molecular flexibility index (Phi) is 6.95. The molecular formula is C16H24N6O3S2. The van der Waals surface area contributed by atoms with E-state index in [1.54, 1.807) is 46.9 Å². The summed E-state index contributed by atoms with van der Waals surface area (Å²) in [5.41, 5.74) is 1.06. The van der Waals surface area contributed by atoms with Gasteiger partial charge in [0.1, 0.15) is 0 Å². The summed E-state index contributed by atoms with van der Waals surface area (Å²) in [6.45, 7) is 7.82. The van der Waals surface area contributed by atoms with Gasteiger partial charge in [-0.05, 0) is 42.0 Å². The maximum Gasteiger partial charge on any atom is 0.243 e. The molecule has 0 aliphatic carbocycles. The summed E-state index contributed by atoms with van der Waals surface area (Å²) in [5, 5.41) is 13.9. The average Bonchev–Trinajstić information content (AvgIpc) is 3.02. The van der Waals surface area contributed by atoms with E-state index < -0.39 is 15.3 Å². The van der Waals surface area contributed by atoms with Crippen LogP contribution in [0.3, 0.4) is 0 Å². The maximum atomic E-state index is 12.8. The summed E-state index contributed by atoms with van der Waals surface area (Å²) in [6, 6.07) is 4.88. The van der Waals surface area contributed by atoms with Crippen LogP contribution in [0, 0.1) is 6.92 Å². The molecule has 0 spiro atoms. The first-order valence-corrected chi connectivity index (χ1v) is 10.8. The minimum Gasteiger partial charge on any atom is -0.325 e. The number of thioether (sulfide) groups is 1. The quantitative estimate of drug-likeness (QED) is 0.657. The van der Waals surface area contributed by atoms with Crippen molar-refractivity contribution in [3.63, 3.8) is 0 Å². The normalized spacial score (nSPS) is 13.0. The van der Waals surface area contributed by atoms with E-state index in [2.05, 4.69) is 20.8 Å². The second-order valence-corrected chi connectivity index (χ2v) is 9.12. The summed E-state index contributed by atoms with van der Waals surface area (Å²) >= 11 is 1.22. The molecule has 0 bridgehead atoms. The van der Waals surface area contributed by atoms with Crippen LogP contribution in [0.4, 0.5) is 5.69 Å². The van der Waals surface area contributed by atoms with Crippen LogP contribution < -0.4 is 5.32 Å². The highest BCUT2D eigenvalue weighted by Gasteiger charge is 2.24. The SMILES string of the molecule is CCN(CC)S(=O)(=O)c1cc(NC(=O)[C@H](C)Sc2nnnn2C)ccc1C. The van der Waals surface area contributed by atoms with Crippen LogP contribution in [-0.2, 0) is 21.9 Å². The molecule has 1 atom stereocenters. The van der Waals surface area contributed by atoms with Gasteiger partial charge >= 0.3 is 0 Å². The molecule has 1 aromatic heterocycles. The lowest BCUT2D eigenvalue weighted by molar-refractivity contribution is -0.115. The number of hydrogen-bond acceptors (Lipinski definition) is 7. The van der Waals surface area contributed by atoms with Crippen LogP contribution >= 0.6 is 11.8 Å². The fraction of sp³-hybridized carbons (Fsp3) is 0.500. The highest BCUT2D eigenvalue weighted by Crippen LogP contribution is 2.25. The summed E-state index contributed by atoms with van der Waals surface area (Å²) in [4.78, 5) is 12.7. The van der Waals surface area contributed by atoms with Crippen molar-refractivity contribution >= 4 is 33.4 Å². The number of rotatable bonds is 8. The van der Waals surface area contributed by atoms with E-state index in [-0.39, 0.29) is 10.8 Å². The molecule has 11 heteroatoms. The topological polar surface area (TPSA) is 110 Å². The van der Waals surface area contributed by atoms with Crippen molar-refractivity contribution in [3.8, 4) is 0 Å². The van der Waals surface area contributed by atoms with Gasteiger partial charge in [0.2, 0.25) is 21.1 Å². The Labute approximate surface area is 163 Å². The fourth-order valence-electron chi connectivity index (χ4n) is 2.43. The summed E-state index contributed by atoms with van der Waals surface area (Å²) in [7, 11) is -1.92. The Hall–Kier alpha value is -1.98. The number of carbonyl (C=O) groups is 1. The van der Waals surface area contributed by atoms with Crippen molar-refractivity contribution in [2.45, 2.75) is 43.0 Å². The third-order valence-electron chi connectivity index (χ3n) is 4.01. The van der Waals surface area contributed by atoms with Crippen LogP contribution in [0.25, 0.3) is 0 Å². The second-order valence-electron chi connectivity index (χ2n) is 5.90. The van der Waals surface area contributed by atoms with Crippen molar-refractivity contribution in [2.75, 3.05) is 18.4 Å². The van der Waals surface area contributed by atoms with E-state index in [0.29, 0.717) is 29.5 Å². The lowest BCUT2D eigenvalue weighted by Gasteiger charge is -2.20. The highest BCUT2D eigenvalue weighted by atomic mass is 32.2. The molecule has 0 radical (unpaired) electrons. The van der Waals surface area contributed by atoms with Crippen LogP contribution in [0.1, 0.15) is 26.3 Å². The first-order chi connectivity index (χ1) is 12.7. The predicted octanol–water partition coefficient (Wildman–Crippen LogP) is 1.67. The van der Waals surface area contributed by atoms with Crippen LogP contribution in [-0.4, -0.2) is 57.2 Å². The minimum atomic E-state index is -3.61. The number of nitrogens with one attached hydrogen (secondary N) is 1. The van der Waals surface area contributed by atoms with Crippen molar-refractivity contribution in [3.05, 3.63) is 23.8 Å². The van der Waals surface area contributed by atoms with E-state index in [4.69, 9.17) is 0 Å². The van der Waals surface area contributed by atoms with Gasteiger partial charge in [0.05, 0.1) is 10.1 Å². The van der Waals surface area contributed by atoms with Crippen LogP contribution in [0.15, 0.2) is 28.3 Å². The zero-order valence-electron chi connectivity index (χ0n) is 16.0. The van der Waals surface area contributed by atoms with Crippen molar-refractivity contribution in [1.29, 1.82) is 0 Å². The van der Waals surface area contributed by atoms with E-state index in [1.165, 1.54) is 26.8 Å². The van der Waals surface area contributed by atoms with Gasteiger partial charge in [-0.25, -0.2) is 13.1 Å². The van der Waals surface area contributed by atoms with Gasteiger partial charge < -0.3 is 5.32 Å². The first kappa shape index (κ1) is 21.3. The molecule has 0 aliphatic rings. The van der Waals surface area contributed by atoms with Gasteiger partial charge in [0.15, 0.2) is 0 Å². The number of aryl methyl sites for hydroxylation is 2. The van der Waals surface area contributed by atoms with Gasteiger partial charge in [-0.3, -0.25) is 4.79 Å². The monoisotopic (exact) mass is 412 g/mol. The molecular weight excluding hydrogens is 388 g/mol. The Morgan fingerprint density at radius 3 is 2.56 bits per heavy atom. The molecule has 0 unspecified atom stereocenters. The van der Waals surface area contributed by atoms with Crippen molar-refractivity contribution < 1.29 is 13.2 Å². The molecule has 1 heterocycles. The number of benzene rings is 1. The molecule has 1 amide bonds. The van der Waals surface area contributed by atoms with Crippen molar-refractivity contribution in [2.24, 2.45) is 7.05 Å². The van der Waals surface area contributed by atoms with Gasteiger partial charge in [0.25, 0.3) is 0 Å². The third-order valence-corrected chi connectivity index (χ3v) is 7.33. The Bertz CT molecular complexity index is 909. The molecule has 27 heavy (non-hydrogen) atoms. The molecule has 1 N–H and O–H groups in total. The van der Waals surface area contributed by atoms with Gasteiger partial charge in [-0.15, -0.1) is 5.10 Å². The standard InChI is InChI=1S/C16H24N6O3S2/c1-6-22(7-2)27(24,25)14-10-13(9-8-11(14)3)17-15(23)12(4)26-16-18-19-20-21(16)5/h8-10,12H,6-7H2,1-5H3,(H,17,23)/t12-/m0/s1. The van der Waals surface area contributed by atoms with E-state index >= 15 is 0 Å². The molecule has 0 aliphatic heterocycles. The van der Waals surface area contributed by atoms with E-state index in [9.17, 15) is 13.2 Å². The second kappa shape index (κ2) is 8.81. The zero-order chi connectivity index (χ0) is 20.2. The van der Waals surface area contributed by atoms with Crippen molar-refractivity contribution in [1.82, 2.24) is 24.5 Å². The molecule has 0 saturated heterocycles. The largest absolute Gasteiger partial charge is 0.325 e. The smallest absolute Gasteiger partial charge is 0.243 e. The molecule has 9 nitrogen and oxygen atoms in total. The number of anilines is 1. The Morgan fingerprint density at radius 1 is 1.33 bits per heavy atom. The minimum absolute atomic E-state index is 0.196.